The summed E-state index contributed by atoms with van der Waals surface area (Å²) in [5, 5.41) is 7.80. The lowest BCUT2D eigenvalue weighted by Crippen LogP contribution is -2.43. The molecule has 1 aliphatic rings. The molecule has 1 aromatic heterocycles. The Morgan fingerprint density at radius 1 is 1.21 bits per heavy atom. The Hall–Kier alpha value is -2.01. The minimum atomic E-state index is 0.831. The Balaban J connectivity index is 1.88. The van der Waals surface area contributed by atoms with Crippen LogP contribution in [0.25, 0.3) is 5.69 Å². The summed E-state index contributed by atoms with van der Waals surface area (Å²) in [6, 6.07) is 7.90. The fraction of sp³-hybridized carbons (Fsp3) is 0.357. The second kappa shape index (κ2) is 5.32. The molecule has 3 rings (SSSR count). The van der Waals surface area contributed by atoms with Crippen LogP contribution in [0.15, 0.2) is 36.7 Å². The predicted octanol–water partition coefficient (Wildman–Crippen LogP) is 1.29. The number of piperazine rings is 1. The first kappa shape index (κ1) is 12.0. The summed E-state index contributed by atoms with van der Waals surface area (Å²) < 4.78 is 7.24. The average molecular weight is 258 g/mol. The number of hydrogen-bond donors (Lipinski definition) is 1. The number of methoxy groups -OCH3 is 1. The normalized spacial score (nSPS) is 15.5. The molecule has 2 aromatic rings. The van der Waals surface area contributed by atoms with Crippen LogP contribution < -0.4 is 15.0 Å². The first-order chi connectivity index (χ1) is 9.38. The van der Waals surface area contributed by atoms with Gasteiger partial charge in [-0.05, 0) is 12.1 Å². The van der Waals surface area contributed by atoms with Crippen molar-refractivity contribution in [2.24, 2.45) is 0 Å². The quantitative estimate of drug-likeness (QED) is 0.901. The van der Waals surface area contributed by atoms with Gasteiger partial charge in [-0.1, -0.05) is 12.1 Å². The van der Waals surface area contributed by atoms with Crippen LogP contribution in [0.2, 0.25) is 0 Å². The summed E-state index contributed by atoms with van der Waals surface area (Å²) in [6.07, 6.45) is 3.97. The molecule has 100 valence electrons. The highest BCUT2D eigenvalue weighted by atomic mass is 16.5. The fourth-order valence-electron chi connectivity index (χ4n) is 2.35. The van der Waals surface area contributed by atoms with Crippen LogP contribution in [0.5, 0.6) is 5.75 Å². The van der Waals surface area contributed by atoms with E-state index in [1.807, 2.05) is 35.1 Å². The molecular formula is C14H18N4O. The van der Waals surface area contributed by atoms with Crippen molar-refractivity contribution < 1.29 is 4.74 Å². The van der Waals surface area contributed by atoms with Gasteiger partial charge in [0.05, 0.1) is 25.2 Å². The minimum absolute atomic E-state index is 0.831. The zero-order chi connectivity index (χ0) is 13.1. The topological polar surface area (TPSA) is 42.3 Å². The molecule has 0 aliphatic carbocycles. The van der Waals surface area contributed by atoms with E-state index in [2.05, 4.69) is 21.5 Å². The second-order valence-corrected chi connectivity index (χ2v) is 4.55. The summed E-state index contributed by atoms with van der Waals surface area (Å²) >= 11 is 0. The van der Waals surface area contributed by atoms with E-state index in [0.29, 0.717) is 0 Å². The predicted molar refractivity (Wildman–Crippen MR) is 75.2 cm³/mol. The molecule has 0 radical (unpaired) electrons. The van der Waals surface area contributed by atoms with Gasteiger partial charge in [0.2, 0.25) is 0 Å². The third-order valence-corrected chi connectivity index (χ3v) is 3.38. The first-order valence-electron chi connectivity index (χ1n) is 6.52. The molecule has 1 aliphatic heterocycles. The van der Waals surface area contributed by atoms with Gasteiger partial charge < -0.3 is 15.0 Å². The van der Waals surface area contributed by atoms with Gasteiger partial charge in [0.25, 0.3) is 0 Å². The van der Waals surface area contributed by atoms with E-state index in [1.165, 1.54) is 0 Å². The van der Waals surface area contributed by atoms with E-state index in [0.717, 1.165) is 43.3 Å². The van der Waals surface area contributed by atoms with Gasteiger partial charge >= 0.3 is 0 Å². The van der Waals surface area contributed by atoms with Gasteiger partial charge in [-0.2, -0.15) is 5.10 Å². The molecule has 0 unspecified atom stereocenters. The van der Waals surface area contributed by atoms with Crippen molar-refractivity contribution in [3.63, 3.8) is 0 Å². The molecule has 0 bridgehead atoms. The molecule has 2 heterocycles. The zero-order valence-corrected chi connectivity index (χ0v) is 11.0. The van der Waals surface area contributed by atoms with Gasteiger partial charge in [0.15, 0.2) is 0 Å². The van der Waals surface area contributed by atoms with Crippen LogP contribution >= 0.6 is 0 Å². The monoisotopic (exact) mass is 258 g/mol. The molecule has 19 heavy (non-hydrogen) atoms. The van der Waals surface area contributed by atoms with Crippen molar-refractivity contribution in [1.29, 1.82) is 0 Å². The summed E-state index contributed by atoms with van der Waals surface area (Å²) in [4.78, 5) is 2.34. The molecule has 5 heteroatoms. The number of rotatable bonds is 3. The lowest BCUT2D eigenvalue weighted by molar-refractivity contribution is 0.411. The Bertz CT molecular complexity index is 546. The highest BCUT2D eigenvalue weighted by molar-refractivity contribution is 5.50. The highest BCUT2D eigenvalue weighted by Gasteiger charge is 2.13. The number of nitrogens with zero attached hydrogens (tertiary/aromatic N) is 3. The summed E-state index contributed by atoms with van der Waals surface area (Å²) in [6.45, 7) is 4.11. The van der Waals surface area contributed by atoms with Gasteiger partial charge in [0.1, 0.15) is 11.4 Å². The summed E-state index contributed by atoms with van der Waals surface area (Å²) in [7, 11) is 1.68. The lowest BCUT2D eigenvalue weighted by Gasteiger charge is -2.27. The maximum Gasteiger partial charge on any atom is 0.144 e. The van der Waals surface area contributed by atoms with E-state index in [4.69, 9.17) is 4.74 Å². The molecule has 1 N–H and O–H groups in total. The van der Waals surface area contributed by atoms with Crippen LogP contribution in [0.3, 0.4) is 0 Å². The van der Waals surface area contributed by atoms with Crippen LogP contribution in [0, 0.1) is 0 Å². The molecular weight excluding hydrogens is 240 g/mol. The molecule has 0 spiro atoms. The van der Waals surface area contributed by atoms with Crippen molar-refractivity contribution in [3.8, 4) is 11.4 Å². The molecule has 0 atom stereocenters. The van der Waals surface area contributed by atoms with E-state index < -0.39 is 0 Å². The van der Waals surface area contributed by atoms with Gasteiger partial charge in [-0.15, -0.1) is 0 Å². The van der Waals surface area contributed by atoms with Crippen molar-refractivity contribution in [2.75, 3.05) is 38.2 Å². The number of aromatic nitrogens is 2. The van der Waals surface area contributed by atoms with E-state index in [-0.39, 0.29) is 0 Å². The lowest BCUT2D eigenvalue weighted by atomic mass is 10.3. The standard InChI is InChI=1S/C14H18N4O/c1-19-14-5-3-2-4-13(14)18-11-12(10-16-18)17-8-6-15-7-9-17/h2-5,10-11,15H,6-9H2,1H3. The van der Waals surface area contributed by atoms with Gasteiger partial charge in [0, 0.05) is 26.2 Å². The van der Waals surface area contributed by atoms with Crippen molar-refractivity contribution in [2.45, 2.75) is 0 Å². The zero-order valence-electron chi connectivity index (χ0n) is 11.0. The summed E-state index contributed by atoms with van der Waals surface area (Å²) in [5.74, 6) is 0.831. The fourth-order valence-corrected chi connectivity index (χ4v) is 2.35. The van der Waals surface area contributed by atoms with E-state index >= 15 is 0 Å². The largest absolute Gasteiger partial charge is 0.494 e. The third kappa shape index (κ3) is 2.42. The number of anilines is 1. The molecule has 0 saturated carbocycles. The van der Waals surface area contributed by atoms with E-state index in [9.17, 15) is 0 Å². The van der Waals surface area contributed by atoms with Crippen molar-refractivity contribution in [3.05, 3.63) is 36.7 Å². The molecule has 1 saturated heterocycles. The van der Waals surface area contributed by atoms with E-state index in [1.54, 1.807) is 7.11 Å². The van der Waals surface area contributed by atoms with Crippen LogP contribution in [0.4, 0.5) is 5.69 Å². The molecule has 5 nitrogen and oxygen atoms in total. The maximum absolute atomic E-state index is 5.37. The molecule has 1 aromatic carbocycles. The van der Waals surface area contributed by atoms with Crippen LogP contribution in [-0.2, 0) is 0 Å². The maximum atomic E-state index is 5.37. The molecule has 0 amide bonds. The average Bonchev–Trinajstić information content (AvgIpc) is 2.98. The minimum Gasteiger partial charge on any atom is -0.494 e. The third-order valence-electron chi connectivity index (χ3n) is 3.38. The van der Waals surface area contributed by atoms with Crippen LogP contribution in [-0.4, -0.2) is 43.1 Å². The van der Waals surface area contributed by atoms with Crippen LogP contribution in [0.1, 0.15) is 0 Å². The number of nitrogens with one attached hydrogen (secondary N) is 1. The van der Waals surface area contributed by atoms with Crippen molar-refractivity contribution >= 4 is 5.69 Å². The number of hydrogen-bond acceptors (Lipinski definition) is 4. The molecule has 1 fully saturated rings. The second-order valence-electron chi connectivity index (χ2n) is 4.55. The highest BCUT2D eigenvalue weighted by Crippen LogP contribution is 2.23. The number of benzene rings is 1. The summed E-state index contributed by atoms with van der Waals surface area (Å²) in [5.41, 5.74) is 2.12. The number of para-hydroxylation sites is 2. The SMILES string of the molecule is COc1ccccc1-n1cc(N2CCNCC2)cn1. The smallest absolute Gasteiger partial charge is 0.144 e. The van der Waals surface area contributed by atoms with Gasteiger partial charge in [-0.25, -0.2) is 4.68 Å². The Morgan fingerprint density at radius 3 is 2.79 bits per heavy atom. The Labute approximate surface area is 112 Å². The Morgan fingerprint density at radius 2 is 2.00 bits per heavy atom. The van der Waals surface area contributed by atoms with Gasteiger partial charge in [-0.3, -0.25) is 0 Å². The first-order valence-corrected chi connectivity index (χ1v) is 6.52. The Kier molecular flexibility index (Phi) is 3.37. The van der Waals surface area contributed by atoms with Crippen molar-refractivity contribution in [1.82, 2.24) is 15.1 Å². The number of ether oxygens (including phenoxy) is 1.